The summed E-state index contributed by atoms with van der Waals surface area (Å²) >= 11 is 0. The van der Waals surface area contributed by atoms with Crippen LogP contribution in [0.5, 0.6) is 0 Å². The fourth-order valence-electron chi connectivity index (χ4n) is 3.60. The molecule has 0 unspecified atom stereocenters. The fraction of sp³-hybridized carbons (Fsp3) is 0. The number of halogens is 1. The van der Waals surface area contributed by atoms with Crippen molar-refractivity contribution in [3.63, 3.8) is 0 Å². The van der Waals surface area contributed by atoms with Crippen molar-refractivity contribution in [1.82, 2.24) is 9.97 Å². The molecule has 0 aliphatic heterocycles. The lowest BCUT2D eigenvalue weighted by molar-refractivity contribution is 0.102. The van der Waals surface area contributed by atoms with Gasteiger partial charge in [-0.2, -0.15) is 0 Å². The van der Waals surface area contributed by atoms with E-state index in [9.17, 15) is 9.18 Å². The molecule has 0 fully saturated rings. The van der Waals surface area contributed by atoms with Crippen molar-refractivity contribution < 1.29 is 9.18 Å². The minimum atomic E-state index is -0.329. The van der Waals surface area contributed by atoms with Crippen LogP contribution in [-0.2, 0) is 0 Å². The van der Waals surface area contributed by atoms with E-state index in [-0.39, 0.29) is 11.7 Å². The number of benzene rings is 3. The van der Waals surface area contributed by atoms with Crippen LogP contribution in [0.3, 0.4) is 0 Å². The van der Waals surface area contributed by atoms with E-state index < -0.39 is 0 Å². The van der Waals surface area contributed by atoms with Crippen molar-refractivity contribution in [2.24, 2.45) is 0 Å². The van der Waals surface area contributed by atoms with E-state index in [0.29, 0.717) is 22.2 Å². The highest BCUT2D eigenvalue weighted by atomic mass is 19.1. The molecule has 1 amide bonds. The first-order valence-corrected chi connectivity index (χ1v) is 10.6. The Hall–Kier alpha value is -4.78. The lowest BCUT2D eigenvalue weighted by atomic mass is 10.1. The normalized spacial score (nSPS) is 10.6. The van der Waals surface area contributed by atoms with E-state index in [4.69, 9.17) is 0 Å². The highest BCUT2D eigenvalue weighted by Crippen LogP contribution is 2.27. The summed E-state index contributed by atoms with van der Waals surface area (Å²) in [6.45, 7) is 0. The molecule has 6 nitrogen and oxygen atoms in total. The fourth-order valence-corrected chi connectivity index (χ4v) is 3.60. The number of nitrogens with zero attached hydrogens (tertiary/aromatic N) is 2. The van der Waals surface area contributed by atoms with Crippen LogP contribution in [0.25, 0.3) is 10.9 Å². The summed E-state index contributed by atoms with van der Waals surface area (Å²) in [6.07, 6.45) is 5.07. The zero-order valence-electron chi connectivity index (χ0n) is 18.0. The van der Waals surface area contributed by atoms with Crippen molar-refractivity contribution in [3.05, 3.63) is 115 Å². The van der Waals surface area contributed by atoms with Crippen molar-refractivity contribution in [2.75, 3.05) is 16.0 Å². The maximum atomic E-state index is 13.8. The molecule has 0 aliphatic carbocycles. The number of anilines is 5. The maximum absolute atomic E-state index is 13.8. The third-order valence-electron chi connectivity index (χ3n) is 5.20. The number of pyridine rings is 2. The van der Waals surface area contributed by atoms with Gasteiger partial charge in [-0.15, -0.1) is 0 Å². The lowest BCUT2D eigenvalue weighted by Gasteiger charge is -2.12. The van der Waals surface area contributed by atoms with E-state index in [0.717, 1.165) is 22.7 Å². The van der Waals surface area contributed by atoms with Gasteiger partial charge in [-0.25, -0.2) is 4.39 Å². The first kappa shape index (κ1) is 21.1. The molecule has 0 spiro atoms. The van der Waals surface area contributed by atoms with E-state index in [2.05, 4.69) is 25.9 Å². The smallest absolute Gasteiger partial charge is 0.255 e. The largest absolute Gasteiger partial charge is 0.355 e. The quantitative estimate of drug-likeness (QED) is 0.275. The summed E-state index contributed by atoms with van der Waals surface area (Å²) in [5.41, 5.74) is 5.00. The number of fused-ring (bicyclic) bond motifs is 1. The molecule has 5 aromatic rings. The van der Waals surface area contributed by atoms with Gasteiger partial charge in [0.15, 0.2) is 0 Å². The molecule has 0 bridgehead atoms. The Labute approximate surface area is 195 Å². The van der Waals surface area contributed by atoms with Gasteiger partial charge in [0, 0.05) is 58.0 Å². The zero-order chi connectivity index (χ0) is 23.3. The number of nitrogens with one attached hydrogen (secondary N) is 3. The van der Waals surface area contributed by atoms with Crippen molar-refractivity contribution in [3.8, 4) is 0 Å². The first-order valence-electron chi connectivity index (χ1n) is 10.6. The monoisotopic (exact) mass is 449 g/mol. The minimum Gasteiger partial charge on any atom is -0.355 e. The van der Waals surface area contributed by atoms with E-state index in [1.54, 1.807) is 42.9 Å². The van der Waals surface area contributed by atoms with Crippen LogP contribution in [0.15, 0.2) is 104 Å². The molecular weight excluding hydrogens is 429 g/mol. The SMILES string of the molecule is O=C(Nc1cccc(Nc2ccnc3ccc(F)cc23)c1)c1cccc(Nc2ccncc2)c1. The number of hydrogen-bond donors (Lipinski definition) is 3. The minimum absolute atomic E-state index is 0.230. The highest BCUT2D eigenvalue weighted by molar-refractivity contribution is 6.05. The molecule has 34 heavy (non-hydrogen) atoms. The van der Waals surface area contributed by atoms with Crippen LogP contribution >= 0.6 is 0 Å². The molecule has 166 valence electrons. The molecule has 3 aromatic carbocycles. The van der Waals surface area contributed by atoms with Crippen molar-refractivity contribution in [2.45, 2.75) is 0 Å². The number of hydrogen-bond acceptors (Lipinski definition) is 5. The summed E-state index contributed by atoms with van der Waals surface area (Å²) in [6, 6.07) is 24.6. The van der Waals surface area contributed by atoms with Gasteiger partial charge in [-0.1, -0.05) is 12.1 Å². The molecule has 0 atom stereocenters. The molecular formula is C27H20FN5O. The molecule has 2 aromatic heterocycles. The predicted octanol–water partition coefficient (Wildman–Crippen LogP) is 6.51. The molecule has 0 aliphatic rings. The number of amides is 1. The maximum Gasteiger partial charge on any atom is 0.255 e. The Bertz CT molecular complexity index is 1470. The number of carbonyl (C=O) groups excluding carboxylic acids is 1. The Kier molecular flexibility index (Phi) is 5.82. The second-order valence-corrected chi connectivity index (χ2v) is 7.62. The topological polar surface area (TPSA) is 78.9 Å². The van der Waals surface area contributed by atoms with Crippen LogP contribution in [0, 0.1) is 5.82 Å². The van der Waals surface area contributed by atoms with Gasteiger partial charge in [0.2, 0.25) is 0 Å². The molecule has 0 saturated carbocycles. The van der Waals surface area contributed by atoms with Crippen LogP contribution in [0.4, 0.5) is 32.8 Å². The number of rotatable bonds is 6. The third-order valence-corrected chi connectivity index (χ3v) is 5.20. The third kappa shape index (κ3) is 4.83. The molecule has 3 N–H and O–H groups in total. The van der Waals surface area contributed by atoms with E-state index in [1.807, 2.05) is 48.5 Å². The van der Waals surface area contributed by atoms with Gasteiger partial charge in [0.25, 0.3) is 5.91 Å². The Morgan fingerprint density at radius 3 is 2.32 bits per heavy atom. The van der Waals surface area contributed by atoms with E-state index >= 15 is 0 Å². The van der Waals surface area contributed by atoms with Gasteiger partial charge >= 0.3 is 0 Å². The molecule has 2 heterocycles. The zero-order valence-corrected chi connectivity index (χ0v) is 18.0. The van der Waals surface area contributed by atoms with Crippen LogP contribution < -0.4 is 16.0 Å². The molecule has 0 radical (unpaired) electrons. The summed E-state index contributed by atoms with van der Waals surface area (Å²) < 4.78 is 13.8. The average molecular weight is 449 g/mol. The summed E-state index contributed by atoms with van der Waals surface area (Å²) in [4.78, 5) is 21.2. The lowest BCUT2D eigenvalue weighted by Crippen LogP contribution is -2.12. The summed E-state index contributed by atoms with van der Waals surface area (Å²) in [5, 5.41) is 10.2. The predicted molar refractivity (Wildman–Crippen MR) is 133 cm³/mol. The van der Waals surface area contributed by atoms with Gasteiger partial charge in [-0.05, 0) is 72.8 Å². The standard InChI is InChI=1S/C27H20FN5O/c28-19-7-8-25-24(16-19)26(11-14-30-25)32-22-5-2-6-23(17-22)33-27(34)18-3-1-4-21(15-18)31-20-9-12-29-13-10-20/h1-17H,(H,29,31)(H,30,32)(H,33,34). The average Bonchev–Trinajstić information content (AvgIpc) is 2.85. The van der Waals surface area contributed by atoms with Crippen molar-refractivity contribution >= 4 is 45.2 Å². The molecule has 0 saturated heterocycles. The second-order valence-electron chi connectivity index (χ2n) is 7.62. The second kappa shape index (κ2) is 9.38. The highest BCUT2D eigenvalue weighted by Gasteiger charge is 2.09. The van der Waals surface area contributed by atoms with Gasteiger partial charge in [0.05, 0.1) is 5.52 Å². The number of aromatic nitrogens is 2. The Morgan fingerprint density at radius 2 is 1.47 bits per heavy atom. The van der Waals surface area contributed by atoms with Crippen LogP contribution in [-0.4, -0.2) is 15.9 Å². The van der Waals surface area contributed by atoms with Crippen LogP contribution in [0.2, 0.25) is 0 Å². The Morgan fingerprint density at radius 1 is 0.706 bits per heavy atom. The van der Waals surface area contributed by atoms with Gasteiger partial charge in [0.1, 0.15) is 5.82 Å². The summed E-state index contributed by atoms with van der Waals surface area (Å²) in [5.74, 6) is -0.558. The molecule has 5 rings (SSSR count). The first-order chi connectivity index (χ1) is 16.6. The number of carbonyl (C=O) groups is 1. The summed E-state index contributed by atoms with van der Waals surface area (Å²) in [7, 11) is 0. The van der Waals surface area contributed by atoms with E-state index in [1.165, 1.54) is 12.1 Å². The molecule has 7 heteroatoms. The van der Waals surface area contributed by atoms with Gasteiger partial charge < -0.3 is 16.0 Å². The van der Waals surface area contributed by atoms with Gasteiger partial charge in [-0.3, -0.25) is 14.8 Å². The Balaban J connectivity index is 1.32. The van der Waals surface area contributed by atoms with Crippen LogP contribution in [0.1, 0.15) is 10.4 Å². The van der Waals surface area contributed by atoms with Crippen molar-refractivity contribution in [1.29, 1.82) is 0 Å².